The Kier molecular flexibility index (Phi) is 6.50. The number of fused-ring (bicyclic) bond motifs is 1. The first-order valence-electron chi connectivity index (χ1n) is 10.3. The Bertz CT molecular complexity index is 846. The van der Waals surface area contributed by atoms with E-state index in [0.717, 1.165) is 62.9 Å². The number of amides is 1. The van der Waals surface area contributed by atoms with E-state index in [9.17, 15) is 9.90 Å². The fourth-order valence-corrected chi connectivity index (χ4v) is 4.99. The van der Waals surface area contributed by atoms with Crippen molar-refractivity contribution in [3.63, 3.8) is 0 Å². The normalized spacial score (nSPS) is 18.7. The van der Waals surface area contributed by atoms with Crippen molar-refractivity contribution in [2.75, 3.05) is 31.6 Å². The zero-order chi connectivity index (χ0) is 20.2. The molecule has 2 aromatic rings. The summed E-state index contributed by atoms with van der Waals surface area (Å²) in [5.74, 6) is 0.946. The number of carbonyl (C=O) groups is 1. The minimum atomic E-state index is -0.135. The highest BCUT2D eigenvalue weighted by Crippen LogP contribution is 2.28. The van der Waals surface area contributed by atoms with Gasteiger partial charge in [0.2, 0.25) is 5.91 Å². The molecular formula is C22H29N3O3S. The van der Waals surface area contributed by atoms with Crippen molar-refractivity contribution >= 4 is 22.2 Å². The number of aliphatic hydroxyl groups is 1. The maximum Gasteiger partial charge on any atom is 0.221 e. The molecule has 0 atom stereocenters. The number of thiophene rings is 1. The summed E-state index contributed by atoms with van der Waals surface area (Å²) in [6.07, 6.45) is 1.59. The minimum Gasteiger partial charge on any atom is -0.492 e. The number of rotatable bonds is 5. The van der Waals surface area contributed by atoms with Gasteiger partial charge in [-0.25, -0.2) is 0 Å². The third-order valence-electron chi connectivity index (χ3n) is 5.49. The summed E-state index contributed by atoms with van der Waals surface area (Å²) in [4.78, 5) is 17.3. The summed E-state index contributed by atoms with van der Waals surface area (Å²) in [6.45, 7) is 7.63. The molecule has 2 N–H and O–H groups in total. The number of ether oxygens (including phenoxy) is 1. The molecule has 2 aliphatic rings. The molecule has 1 saturated heterocycles. The second kappa shape index (κ2) is 9.26. The number of likely N-dealkylation sites (tertiary alicyclic amines) is 1. The predicted octanol–water partition coefficient (Wildman–Crippen LogP) is 3.06. The predicted molar refractivity (Wildman–Crippen MR) is 115 cm³/mol. The molecule has 156 valence electrons. The summed E-state index contributed by atoms with van der Waals surface area (Å²) in [5.41, 5.74) is 2.53. The van der Waals surface area contributed by atoms with Crippen molar-refractivity contribution in [1.82, 2.24) is 9.80 Å². The van der Waals surface area contributed by atoms with E-state index in [2.05, 4.69) is 39.4 Å². The van der Waals surface area contributed by atoms with Gasteiger partial charge in [-0.05, 0) is 42.7 Å². The lowest BCUT2D eigenvalue weighted by Gasteiger charge is -2.29. The molecular weight excluding hydrogens is 386 g/mol. The van der Waals surface area contributed by atoms with Crippen LogP contribution in [0.25, 0.3) is 0 Å². The third-order valence-corrected chi connectivity index (χ3v) is 6.47. The van der Waals surface area contributed by atoms with Crippen LogP contribution in [0.5, 0.6) is 5.75 Å². The van der Waals surface area contributed by atoms with Gasteiger partial charge in [0.15, 0.2) is 0 Å². The summed E-state index contributed by atoms with van der Waals surface area (Å²) in [7, 11) is 0. The summed E-state index contributed by atoms with van der Waals surface area (Å²) < 4.78 is 5.99. The van der Waals surface area contributed by atoms with Gasteiger partial charge in [0.25, 0.3) is 0 Å². The molecule has 1 fully saturated rings. The van der Waals surface area contributed by atoms with Crippen molar-refractivity contribution in [1.29, 1.82) is 0 Å². The Balaban J connectivity index is 1.40. The summed E-state index contributed by atoms with van der Waals surface area (Å²) >= 11 is 1.63. The average Bonchev–Trinajstić information content (AvgIpc) is 3.00. The van der Waals surface area contributed by atoms with E-state index in [1.807, 2.05) is 6.07 Å². The maximum atomic E-state index is 11.2. The summed E-state index contributed by atoms with van der Waals surface area (Å²) in [5, 5.41) is 13.5. The Morgan fingerprint density at radius 1 is 1.17 bits per heavy atom. The van der Waals surface area contributed by atoms with E-state index < -0.39 is 0 Å². The quantitative estimate of drug-likeness (QED) is 0.786. The molecule has 4 rings (SSSR count). The number of nitrogens with zero attached hydrogens (tertiary/aromatic N) is 2. The molecule has 0 unspecified atom stereocenters. The number of anilines is 1. The molecule has 1 aromatic heterocycles. The molecule has 1 amide bonds. The minimum absolute atomic E-state index is 0.0359. The second-order valence-electron chi connectivity index (χ2n) is 7.96. The van der Waals surface area contributed by atoms with E-state index in [1.165, 1.54) is 22.9 Å². The van der Waals surface area contributed by atoms with E-state index in [1.54, 1.807) is 11.3 Å². The Morgan fingerprint density at radius 2 is 2.00 bits per heavy atom. The molecule has 29 heavy (non-hydrogen) atoms. The van der Waals surface area contributed by atoms with Crippen LogP contribution in [0, 0.1) is 0 Å². The number of benzene rings is 1. The zero-order valence-electron chi connectivity index (χ0n) is 16.9. The largest absolute Gasteiger partial charge is 0.492 e. The fourth-order valence-electron chi connectivity index (χ4n) is 3.99. The molecule has 3 heterocycles. The lowest BCUT2D eigenvalue weighted by atomic mass is 10.1. The van der Waals surface area contributed by atoms with Gasteiger partial charge in [-0.15, -0.1) is 11.3 Å². The van der Waals surface area contributed by atoms with E-state index in [-0.39, 0.29) is 12.0 Å². The zero-order valence-corrected chi connectivity index (χ0v) is 17.7. The van der Waals surface area contributed by atoms with Crippen molar-refractivity contribution in [3.05, 3.63) is 46.3 Å². The van der Waals surface area contributed by atoms with E-state index in [0.29, 0.717) is 6.61 Å². The first kappa shape index (κ1) is 20.3. The molecule has 1 aromatic carbocycles. The van der Waals surface area contributed by atoms with Crippen LogP contribution in [-0.2, 0) is 24.4 Å². The molecule has 0 spiro atoms. The Hall–Kier alpha value is -1.93. The Labute approximate surface area is 176 Å². The average molecular weight is 416 g/mol. The van der Waals surface area contributed by atoms with Crippen LogP contribution >= 0.6 is 11.3 Å². The van der Waals surface area contributed by atoms with Crippen LogP contribution in [0.4, 0.5) is 5.00 Å². The molecule has 7 heteroatoms. The van der Waals surface area contributed by atoms with Gasteiger partial charge in [0.05, 0.1) is 11.1 Å². The highest BCUT2D eigenvalue weighted by molar-refractivity contribution is 7.16. The van der Waals surface area contributed by atoms with Crippen LogP contribution in [0.3, 0.4) is 0 Å². The first-order chi connectivity index (χ1) is 14.0. The van der Waals surface area contributed by atoms with Gasteiger partial charge in [0.1, 0.15) is 12.4 Å². The molecule has 0 radical (unpaired) electrons. The third kappa shape index (κ3) is 5.57. The number of hydrogen-bond donors (Lipinski definition) is 2. The maximum absolute atomic E-state index is 11.2. The Morgan fingerprint density at radius 3 is 2.79 bits per heavy atom. The number of hydrogen-bond acceptors (Lipinski definition) is 6. The van der Waals surface area contributed by atoms with Crippen LogP contribution in [-0.4, -0.2) is 53.2 Å². The van der Waals surface area contributed by atoms with Gasteiger partial charge in [-0.2, -0.15) is 0 Å². The molecule has 6 nitrogen and oxygen atoms in total. The van der Waals surface area contributed by atoms with Gasteiger partial charge >= 0.3 is 0 Å². The molecule has 2 aliphatic heterocycles. The van der Waals surface area contributed by atoms with Crippen LogP contribution in [0.1, 0.15) is 35.8 Å². The van der Waals surface area contributed by atoms with E-state index in [4.69, 9.17) is 4.74 Å². The van der Waals surface area contributed by atoms with Crippen molar-refractivity contribution < 1.29 is 14.6 Å². The smallest absolute Gasteiger partial charge is 0.221 e. The number of piperidine rings is 1. The topological polar surface area (TPSA) is 65.0 Å². The molecule has 0 bridgehead atoms. The molecule has 0 saturated carbocycles. The van der Waals surface area contributed by atoms with Crippen molar-refractivity contribution in [2.45, 2.75) is 45.5 Å². The number of aliphatic hydroxyl groups excluding tert-OH is 1. The molecule has 0 aliphatic carbocycles. The fraction of sp³-hybridized carbons (Fsp3) is 0.500. The van der Waals surface area contributed by atoms with Gasteiger partial charge in [-0.1, -0.05) is 6.07 Å². The SMILES string of the molecule is CC(=O)Nc1ccc(CN2CCOc3ccc(CN4CCC(O)CC4)cc3C2)s1. The highest BCUT2D eigenvalue weighted by atomic mass is 32.1. The van der Waals surface area contributed by atoms with Gasteiger partial charge < -0.3 is 15.2 Å². The lowest BCUT2D eigenvalue weighted by molar-refractivity contribution is -0.114. The number of carbonyl (C=O) groups excluding carboxylic acids is 1. The second-order valence-corrected chi connectivity index (χ2v) is 9.12. The van der Waals surface area contributed by atoms with Crippen LogP contribution < -0.4 is 10.1 Å². The monoisotopic (exact) mass is 415 g/mol. The highest BCUT2D eigenvalue weighted by Gasteiger charge is 2.20. The van der Waals surface area contributed by atoms with Crippen LogP contribution in [0.15, 0.2) is 30.3 Å². The number of nitrogens with one attached hydrogen (secondary N) is 1. The first-order valence-corrected chi connectivity index (χ1v) is 11.1. The van der Waals surface area contributed by atoms with Gasteiger partial charge in [-0.3, -0.25) is 14.6 Å². The lowest BCUT2D eigenvalue weighted by Crippen LogP contribution is -2.35. The van der Waals surface area contributed by atoms with Crippen LogP contribution in [0.2, 0.25) is 0 Å². The van der Waals surface area contributed by atoms with Gasteiger partial charge in [0, 0.05) is 56.6 Å². The van der Waals surface area contributed by atoms with Crippen molar-refractivity contribution in [2.24, 2.45) is 0 Å². The summed E-state index contributed by atoms with van der Waals surface area (Å²) in [6, 6.07) is 10.6. The van der Waals surface area contributed by atoms with E-state index >= 15 is 0 Å². The van der Waals surface area contributed by atoms with Crippen molar-refractivity contribution in [3.8, 4) is 5.75 Å². The standard InChI is InChI=1S/C22H29N3O3S/c1-16(26)23-22-5-3-20(29-22)15-25-10-11-28-21-4-2-17(12-18(21)14-25)13-24-8-6-19(27)7-9-24/h2-5,12,19,27H,6-11,13-15H2,1H3,(H,23,26).